The lowest BCUT2D eigenvalue weighted by molar-refractivity contribution is -0.112. The van der Waals surface area contributed by atoms with E-state index in [-0.39, 0.29) is 16.9 Å². The molecule has 0 saturated heterocycles. The van der Waals surface area contributed by atoms with Gasteiger partial charge < -0.3 is 10.2 Å². The van der Waals surface area contributed by atoms with Crippen molar-refractivity contribution in [2.45, 2.75) is 19.3 Å². The third-order valence-electron chi connectivity index (χ3n) is 4.47. The normalized spacial score (nSPS) is 17.3. The maximum absolute atomic E-state index is 12.8. The number of carboxylic acids is 2. The highest BCUT2D eigenvalue weighted by Crippen LogP contribution is 2.28. The van der Waals surface area contributed by atoms with Crippen LogP contribution < -0.4 is 0 Å². The van der Waals surface area contributed by atoms with Crippen molar-refractivity contribution >= 4 is 29.9 Å². The van der Waals surface area contributed by atoms with Gasteiger partial charge in [0, 0.05) is 11.1 Å². The first-order valence-electron chi connectivity index (χ1n) is 8.56. The number of carbonyl (C=O) groups excluding carboxylic acids is 1. The van der Waals surface area contributed by atoms with E-state index < -0.39 is 11.9 Å². The maximum Gasteiger partial charge on any atom is 0.335 e. The van der Waals surface area contributed by atoms with Crippen LogP contribution in [0.2, 0.25) is 0 Å². The van der Waals surface area contributed by atoms with Crippen LogP contribution in [0, 0.1) is 0 Å². The second-order valence-electron chi connectivity index (χ2n) is 6.38. The van der Waals surface area contributed by atoms with E-state index in [0.29, 0.717) is 24.0 Å². The van der Waals surface area contributed by atoms with Crippen LogP contribution in [-0.2, 0) is 4.79 Å². The summed E-state index contributed by atoms with van der Waals surface area (Å²) in [6.07, 6.45) is 5.80. The number of carboxylic acid groups (broad SMARTS) is 2. The summed E-state index contributed by atoms with van der Waals surface area (Å²) in [5.74, 6) is -1.99. The van der Waals surface area contributed by atoms with E-state index in [2.05, 4.69) is 0 Å². The molecule has 5 nitrogen and oxygen atoms in total. The van der Waals surface area contributed by atoms with Gasteiger partial charge in [0.25, 0.3) is 0 Å². The molecule has 0 atom stereocenters. The molecule has 27 heavy (non-hydrogen) atoms. The van der Waals surface area contributed by atoms with Crippen LogP contribution in [0.25, 0.3) is 12.2 Å². The molecule has 1 aliphatic rings. The third-order valence-corrected chi connectivity index (χ3v) is 4.47. The van der Waals surface area contributed by atoms with Gasteiger partial charge in [-0.05, 0) is 66.8 Å². The molecule has 1 aliphatic carbocycles. The van der Waals surface area contributed by atoms with Gasteiger partial charge >= 0.3 is 11.9 Å². The summed E-state index contributed by atoms with van der Waals surface area (Å²) in [4.78, 5) is 34.6. The zero-order valence-electron chi connectivity index (χ0n) is 14.5. The molecule has 0 amide bonds. The Morgan fingerprint density at radius 2 is 1.07 bits per heavy atom. The maximum atomic E-state index is 12.8. The summed E-state index contributed by atoms with van der Waals surface area (Å²) in [6, 6.07) is 12.8. The average molecular weight is 362 g/mol. The van der Waals surface area contributed by atoms with Gasteiger partial charge in [0.05, 0.1) is 11.1 Å². The van der Waals surface area contributed by atoms with Crippen LogP contribution >= 0.6 is 0 Å². The number of carbonyl (C=O) groups is 3. The smallest absolute Gasteiger partial charge is 0.335 e. The molecule has 0 radical (unpaired) electrons. The van der Waals surface area contributed by atoms with Gasteiger partial charge in [-0.15, -0.1) is 0 Å². The number of Topliss-reactive ketones (excluding diaryl/α,β-unsaturated/α-hetero) is 1. The van der Waals surface area contributed by atoms with Crippen LogP contribution in [-0.4, -0.2) is 27.9 Å². The largest absolute Gasteiger partial charge is 0.478 e. The third kappa shape index (κ3) is 4.39. The average Bonchev–Trinajstić information content (AvgIpc) is 2.66. The van der Waals surface area contributed by atoms with Gasteiger partial charge in [0.2, 0.25) is 0 Å². The first-order chi connectivity index (χ1) is 12.9. The van der Waals surface area contributed by atoms with Gasteiger partial charge in [0.1, 0.15) is 0 Å². The molecule has 0 aromatic heterocycles. The Morgan fingerprint density at radius 1 is 0.704 bits per heavy atom. The molecule has 0 spiro atoms. The van der Waals surface area contributed by atoms with Gasteiger partial charge in [-0.3, -0.25) is 4.79 Å². The minimum Gasteiger partial charge on any atom is -0.478 e. The Bertz CT molecular complexity index is 870. The van der Waals surface area contributed by atoms with Gasteiger partial charge in [-0.1, -0.05) is 24.3 Å². The van der Waals surface area contributed by atoms with E-state index in [1.165, 1.54) is 24.3 Å². The van der Waals surface area contributed by atoms with E-state index in [9.17, 15) is 14.4 Å². The minimum atomic E-state index is -0.984. The first-order valence-corrected chi connectivity index (χ1v) is 8.56. The Labute approximate surface area is 156 Å². The van der Waals surface area contributed by atoms with Crippen molar-refractivity contribution in [1.82, 2.24) is 0 Å². The minimum absolute atomic E-state index is 0.0223. The Morgan fingerprint density at radius 3 is 1.41 bits per heavy atom. The van der Waals surface area contributed by atoms with Gasteiger partial charge in [0.15, 0.2) is 5.78 Å². The number of allylic oxidation sites excluding steroid dienone is 2. The summed E-state index contributed by atoms with van der Waals surface area (Å²) >= 11 is 0. The highest BCUT2D eigenvalue weighted by Gasteiger charge is 2.20. The zero-order valence-corrected chi connectivity index (χ0v) is 14.5. The number of ketones is 1. The molecule has 0 unspecified atom stereocenters. The summed E-state index contributed by atoms with van der Waals surface area (Å²) in [6.45, 7) is 0. The molecule has 2 aromatic rings. The Kier molecular flexibility index (Phi) is 5.31. The van der Waals surface area contributed by atoms with E-state index in [4.69, 9.17) is 10.2 Å². The molecule has 2 N–H and O–H groups in total. The molecule has 1 saturated carbocycles. The molecule has 1 fully saturated rings. The fourth-order valence-electron chi connectivity index (χ4n) is 3.02. The molecule has 136 valence electrons. The van der Waals surface area contributed by atoms with E-state index in [0.717, 1.165) is 17.5 Å². The van der Waals surface area contributed by atoms with Crippen LogP contribution in [0.1, 0.15) is 51.1 Å². The Hall–Kier alpha value is -3.47. The Balaban J connectivity index is 1.82. The van der Waals surface area contributed by atoms with Crippen molar-refractivity contribution in [3.8, 4) is 0 Å². The number of aromatic carboxylic acids is 2. The van der Waals surface area contributed by atoms with Crippen molar-refractivity contribution in [2.24, 2.45) is 0 Å². The topological polar surface area (TPSA) is 91.7 Å². The number of hydrogen-bond acceptors (Lipinski definition) is 3. The van der Waals surface area contributed by atoms with Crippen LogP contribution in [0.4, 0.5) is 0 Å². The number of hydrogen-bond donors (Lipinski definition) is 2. The summed E-state index contributed by atoms with van der Waals surface area (Å²) in [5, 5.41) is 17.9. The molecular weight excluding hydrogens is 344 g/mol. The molecule has 5 heteroatoms. The van der Waals surface area contributed by atoms with Crippen LogP contribution in [0.5, 0.6) is 0 Å². The van der Waals surface area contributed by atoms with Crippen LogP contribution in [0.3, 0.4) is 0 Å². The van der Waals surface area contributed by atoms with Crippen molar-refractivity contribution < 1.29 is 24.6 Å². The predicted octanol–water partition coefficient (Wildman–Crippen LogP) is 4.30. The fourth-order valence-corrected chi connectivity index (χ4v) is 3.02. The van der Waals surface area contributed by atoms with E-state index >= 15 is 0 Å². The second kappa shape index (κ2) is 7.83. The van der Waals surface area contributed by atoms with E-state index in [1.807, 2.05) is 0 Å². The van der Waals surface area contributed by atoms with Gasteiger partial charge in [-0.2, -0.15) is 0 Å². The molecule has 0 bridgehead atoms. The first kappa shape index (κ1) is 18.3. The molecule has 0 aliphatic heterocycles. The second-order valence-corrected chi connectivity index (χ2v) is 6.38. The number of rotatable bonds is 4. The van der Waals surface area contributed by atoms with E-state index in [1.54, 1.807) is 36.4 Å². The quantitative estimate of drug-likeness (QED) is 0.791. The summed E-state index contributed by atoms with van der Waals surface area (Å²) < 4.78 is 0. The van der Waals surface area contributed by atoms with Crippen molar-refractivity contribution in [2.75, 3.05) is 0 Å². The summed E-state index contributed by atoms with van der Waals surface area (Å²) in [7, 11) is 0. The van der Waals surface area contributed by atoms with Gasteiger partial charge in [-0.25, -0.2) is 9.59 Å². The predicted molar refractivity (Wildman–Crippen MR) is 102 cm³/mol. The highest BCUT2D eigenvalue weighted by molar-refractivity contribution is 6.14. The standard InChI is InChI=1S/C22H18O5/c23-20-18(12-14-4-8-16(9-5-14)21(24)25)2-1-3-19(20)13-15-6-10-17(11-7-15)22(26)27/h4-13H,1-3H2,(H,24,25)(H,26,27)/b18-12+,19-13+. The lowest BCUT2D eigenvalue weighted by Gasteiger charge is -2.16. The highest BCUT2D eigenvalue weighted by atomic mass is 16.4. The van der Waals surface area contributed by atoms with Crippen molar-refractivity contribution in [1.29, 1.82) is 0 Å². The SMILES string of the molecule is O=C1/C(=C/c2ccc(C(=O)O)cc2)CCC/C1=C\c1ccc(C(=O)O)cc1. The molecule has 3 rings (SSSR count). The monoisotopic (exact) mass is 362 g/mol. The van der Waals surface area contributed by atoms with Crippen molar-refractivity contribution in [3.63, 3.8) is 0 Å². The van der Waals surface area contributed by atoms with Crippen LogP contribution in [0.15, 0.2) is 59.7 Å². The zero-order chi connectivity index (χ0) is 19.4. The molecular formula is C22H18O5. The fraction of sp³-hybridized carbons (Fsp3) is 0.136. The lowest BCUT2D eigenvalue weighted by Crippen LogP contribution is -2.12. The van der Waals surface area contributed by atoms with Crippen molar-refractivity contribution in [3.05, 3.63) is 81.9 Å². The lowest BCUT2D eigenvalue weighted by atomic mass is 9.86. The summed E-state index contributed by atoms with van der Waals surface area (Å²) in [5.41, 5.74) is 3.37. The molecule has 2 aromatic carbocycles. The molecule has 0 heterocycles. The number of benzene rings is 2.